The molecule has 0 saturated carbocycles. The molecule has 0 aromatic carbocycles. The Balaban J connectivity index is 2.63. The van der Waals surface area contributed by atoms with E-state index in [1.165, 1.54) is 36.0 Å². The van der Waals surface area contributed by atoms with Crippen molar-refractivity contribution >= 4 is 11.7 Å². The van der Waals surface area contributed by atoms with Crippen LogP contribution in [-0.4, -0.2) is 22.8 Å². The zero-order chi connectivity index (χ0) is 18.3. The lowest BCUT2D eigenvalue weighted by Gasteiger charge is -2.32. The fourth-order valence-corrected chi connectivity index (χ4v) is 3.25. The number of hydrogen-bond donors (Lipinski definition) is 1. The zero-order valence-corrected chi connectivity index (χ0v) is 16.1. The van der Waals surface area contributed by atoms with Gasteiger partial charge in [-0.05, 0) is 70.8 Å². The molecule has 0 aliphatic heterocycles. The van der Waals surface area contributed by atoms with Crippen LogP contribution in [0.3, 0.4) is 0 Å². The molecule has 0 aromatic rings. The van der Waals surface area contributed by atoms with E-state index in [0.717, 1.165) is 18.6 Å². The molecule has 0 amide bonds. The van der Waals surface area contributed by atoms with Crippen LogP contribution in [0.4, 0.5) is 0 Å². The van der Waals surface area contributed by atoms with Crippen molar-refractivity contribution in [3.05, 3.63) is 34.9 Å². The highest BCUT2D eigenvalue weighted by atomic mass is 16.4. The Kier molecular flexibility index (Phi) is 7.65. The third-order valence-electron chi connectivity index (χ3n) is 4.80. The summed E-state index contributed by atoms with van der Waals surface area (Å²) in [5.74, 6) is -0.872. The normalized spacial score (nSPS) is 20.6. The van der Waals surface area contributed by atoms with Crippen molar-refractivity contribution in [3.8, 4) is 0 Å². The highest BCUT2D eigenvalue weighted by Crippen LogP contribution is 2.40. The Hall–Kier alpha value is -1.64. The molecule has 1 aliphatic carbocycles. The van der Waals surface area contributed by atoms with Gasteiger partial charge in [-0.3, -0.25) is 4.99 Å². The van der Waals surface area contributed by atoms with E-state index in [0.29, 0.717) is 0 Å². The number of carboxylic acid groups (broad SMARTS) is 1. The molecule has 1 N–H and O–H groups in total. The summed E-state index contributed by atoms with van der Waals surface area (Å²) in [4.78, 5) is 15.0. The van der Waals surface area contributed by atoms with Crippen LogP contribution in [0, 0.1) is 5.41 Å². The summed E-state index contributed by atoms with van der Waals surface area (Å²) in [5, 5.41) is 8.87. The minimum Gasteiger partial charge on any atom is -0.480 e. The van der Waals surface area contributed by atoms with Gasteiger partial charge in [0, 0.05) is 5.71 Å². The maximum atomic E-state index is 10.8. The number of carboxylic acids is 1. The summed E-state index contributed by atoms with van der Waals surface area (Å²) in [6, 6.07) is -0.654. The summed E-state index contributed by atoms with van der Waals surface area (Å²) in [6.07, 6.45) is 12.1. The van der Waals surface area contributed by atoms with E-state index >= 15 is 0 Å². The minimum atomic E-state index is -0.872. The molecule has 1 atom stereocenters. The average Bonchev–Trinajstić information content (AvgIpc) is 2.45. The third-order valence-corrected chi connectivity index (χ3v) is 4.80. The summed E-state index contributed by atoms with van der Waals surface area (Å²) in [6.45, 7) is 12.5. The lowest BCUT2D eigenvalue weighted by molar-refractivity contribution is -0.137. The van der Waals surface area contributed by atoms with E-state index in [2.05, 4.69) is 50.9 Å². The SMILES string of the molecule is CC1=C(/C=C/C(C)=C/CC/C(C)=N\[C@@H](C)C(=O)O)C(C)(C)CCC1. The molecule has 0 spiro atoms. The molecule has 0 unspecified atom stereocenters. The van der Waals surface area contributed by atoms with E-state index < -0.39 is 12.0 Å². The zero-order valence-electron chi connectivity index (χ0n) is 16.1. The predicted octanol–water partition coefficient (Wildman–Crippen LogP) is 5.73. The molecule has 0 radical (unpaired) electrons. The highest BCUT2D eigenvalue weighted by molar-refractivity contribution is 5.85. The van der Waals surface area contributed by atoms with Gasteiger partial charge in [-0.2, -0.15) is 0 Å². The van der Waals surface area contributed by atoms with Gasteiger partial charge in [-0.1, -0.05) is 43.2 Å². The largest absolute Gasteiger partial charge is 0.480 e. The van der Waals surface area contributed by atoms with E-state index in [4.69, 9.17) is 5.11 Å². The van der Waals surface area contributed by atoms with Crippen LogP contribution in [0.1, 0.15) is 73.6 Å². The fourth-order valence-electron chi connectivity index (χ4n) is 3.25. The topological polar surface area (TPSA) is 49.7 Å². The molecule has 0 bridgehead atoms. The Bertz CT molecular complexity index is 577. The van der Waals surface area contributed by atoms with Crippen LogP contribution in [0.2, 0.25) is 0 Å². The number of allylic oxidation sites excluding steroid dienone is 6. The van der Waals surface area contributed by atoms with Crippen LogP contribution >= 0.6 is 0 Å². The molecular weight excluding hydrogens is 298 g/mol. The molecule has 0 saturated heterocycles. The number of rotatable bonds is 7. The smallest absolute Gasteiger partial charge is 0.328 e. The molecular formula is C21H33NO2. The van der Waals surface area contributed by atoms with Crippen LogP contribution < -0.4 is 0 Å². The maximum absolute atomic E-state index is 10.8. The van der Waals surface area contributed by atoms with Gasteiger partial charge in [0.25, 0.3) is 0 Å². The van der Waals surface area contributed by atoms with Gasteiger partial charge >= 0.3 is 5.97 Å². The van der Waals surface area contributed by atoms with Gasteiger partial charge in [0.1, 0.15) is 6.04 Å². The molecule has 0 heterocycles. The van der Waals surface area contributed by atoms with Gasteiger partial charge < -0.3 is 5.11 Å². The molecule has 0 aromatic heterocycles. The summed E-state index contributed by atoms with van der Waals surface area (Å²) in [5.41, 5.74) is 5.41. The fraction of sp³-hybridized carbons (Fsp3) is 0.619. The summed E-state index contributed by atoms with van der Waals surface area (Å²) in [7, 11) is 0. The quantitative estimate of drug-likeness (QED) is 0.478. The predicted molar refractivity (Wildman–Crippen MR) is 103 cm³/mol. The van der Waals surface area contributed by atoms with Gasteiger partial charge in [0.15, 0.2) is 0 Å². The van der Waals surface area contributed by atoms with Crippen molar-refractivity contribution < 1.29 is 9.90 Å². The van der Waals surface area contributed by atoms with E-state index in [1.807, 2.05) is 6.92 Å². The second kappa shape index (κ2) is 9.00. The van der Waals surface area contributed by atoms with Gasteiger partial charge in [-0.15, -0.1) is 0 Å². The van der Waals surface area contributed by atoms with Gasteiger partial charge in [-0.25, -0.2) is 4.79 Å². The first-order valence-electron chi connectivity index (χ1n) is 8.94. The van der Waals surface area contributed by atoms with Crippen molar-refractivity contribution in [2.75, 3.05) is 0 Å². The summed E-state index contributed by atoms with van der Waals surface area (Å²) < 4.78 is 0. The van der Waals surface area contributed by atoms with E-state index in [1.54, 1.807) is 6.92 Å². The van der Waals surface area contributed by atoms with Crippen molar-refractivity contribution in [1.82, 2.24) is 0 Å². The molecule has 134 valence electrons. The summed E-state index contributed by atoms with van der Waals surface area (Å²) >= 11 is 0. The Morgan fingerprint density at radius 1 is 1.38 bits per heavy atom. The monoisotopic (exact) mass is 331 g/mol. The lowest BCUT2D eigenvalue weighted by atomic mass is 9.72. The first kappa shape index (κ1) is 20.4. The number of aliphatic carboxylic acids is 1. The third kappa shape index (κ3) is 6.46. The standard InChI is InChI=1S/C21H33NO2/c1-15(9-7-11-17(3)22-18(4)20(23)24)12-13-19-16(2)10-8-14-21(19,5)6/h9,12-13,18H,7-8,10-11,14H2,1-6H3,(H,23,24)/b13-12+,15-9+,22-17-/t18-/m0/s1. The van der Waals surface area contributed by atoms with Crippen LogP contribution in [0.25, 0.3) is 0 Å². The van der Waals surface area contributed by atoms with Crippen molar-refractivity contribution in [2.45, 2.75) is 79.7 Å². The van der Waals surface area contributed by atoms with Gasteiger partial charge in [0.05, 0.1) is 0 Å². The van der Waals surface area contributed by atoms with E-state index in [-0.39, 0.29) is 5.41 Å². The van der Waals surface area contributed by atoms with Crippen LogP contribution in [-0.2, 0) is 4.79 Å². The molecule has 3 nitrogen and oxygen atoms in total. The van der Waals surface area contributed by atoms with Crippen molar-refractivity contribution in [1.29, 1.82) is 0 Å². The Labute approximate surface area is 147 Å². The Morgan fingerprint density at radius 3 is 2.62 bits per heavy atom. The maximum Gasteiger partial charge on any atom is 0.328 e. The number of carbonyl (C=O) groups is 1. The number of nitrogens with zero attached hydrogens (tertiary/aromatic N) is 1. The molecule has 1 aliphatic rings. The van der Waals surface area contributed by atoms with Crippen LogP contribution in [0.5, 0.6) is 0 Å². The Morgan fingerprint density at radius 2 is 2.04 bits per heavy atom. The van der Waals surface area contributed by atoms with Crippen LogP contribution in [0.15, 0.2) is 39.9 Å². The first-order valence-corrected chi connectivity index (χ1v) is 8.94. The molecule has 1 rings (SSSR count). The average molecular weight is 332 g/mol. The minimum absolute atomic E-state index is 0.273. The molecule has 3 heteroatoms. The second-order valence-corrected chi connectivity index (χ2v) is 7.63. The molecule has 0 fully saturated rings. The highest BCUT2D eigenvalue weighted by Gasteiger charge is 2.26. The second-order valence-electron chi connectivity index (χ2n) is 7.63. The number of hydrogen-bond acceptors (Lipinski definition) is 2. The lowest BCUT2D eigenvalue weighted by Crippen LogP contribution is -2.19. The van der Waals surface area contributed by atoms with Crippen molar-refractivity contribution in [3.63, 3.8) is 0 Å². The van der Waals surface area contributed by atoms with Crippen molar-refractivity contribution in [2.24, 2.45) is 10.4 Å². The molecule has 24 heavy (non-hydrogen) atoms. The van der Waals surface area contributed by atoms with E-state index in [9.17, 15) is 4.79 Å². The first-order chi connectivity index (χ1) is 11.1. The van der Waals surface area contributed by atoms with Gasteiger partial charge in [0.2, 0.25) is 0 Å². The number of aliphatic imine (C=N–C) groups is 1.